The molecule has 2 heterocycles. The van der Waals surface area contributed by atoms with E-state index in [2.05, 4.69) is 15.6 Å². The number of aryl methyl sites for hydroxylation is 2. The van der Waals surface area contributed by atoms with Crippen LogP contribution in [0.4, 0.5) is 5.69 Å². The zero-order chi connectivity index (χ0) is 21.5. The van der Waals surface area contributed by atoms with Crippen LogP contribution in [-0.2, 0) is 11.3 Å². The number of hydrogen-bond donors (Lipinski definition) is 2. The summed E-state index contributed by atoms with van der Waals surface area (Å²) in [4.78, 5) is 42.7. The topological polar surface area (TPSA) is 88.2 Å². The fourth-order valence-corrected chi connectivity index (χ4v) is 3.97. The highest BCUT2D eigenvalue weighted by atomic mass is 32.1. The molecule has 0 spiro atoms. The second-order valence-electron chi connectivity index (χ2n) is 6.92. The maximum atomic E-state index is 12.3. The number of carbonyl (C=O) groups is 3. The molecule has 0 radical (unpaired) electrons. The maximum absolute atomic E-state index is 12.3. The molecule has 0 bridgehead atoms. The minimum Gasteiger partial charge on any atom is -0.352 e. The molecule has 3 aromatic rings. The van der Waals surface area contributed by atoms with Gasteiger partial charge in [-0.15, -0.1) is 11.3 Å². The van der Waals surface area contributed by atoms with Crippen molar-refractivity contribution in [3.8, 4) is 0 Å². The number of nitrogens with zero attached hydrogens (tertiary/aromatic N) is 1. The third-order valence-corrected chi connectivity index (χ3v) is 5.50. The highest BCUT2D eigenvalue weighted by Crippen LogP contribution is 2.22. The minimum atomic E-state index is -0.226. The van der Waals surface area contributed by atoms with E-state index < -0.39 is 0 Å². The molecule has 0 fully saturated rings. The number of benzene rings is 1. The average molecular weight is 422 g/mol. The Balaban J connectivity index is 1.49. The molecule has 0 aliphatic rings. The lowest BCUT2D eigenvalue weighted by Gasteiger charge is -2.09. The molecule has 6 nitrogen and oxygen atoms in total. The highest BCUT2D eigenvalue weighted by molar-refractivity contribution is 7.12. The molecule has 154 valence electrons. The van der Waals surface area contributed by atoms with Crippen molar-refractivity contribution in [1.29, 1.82) is 0 Å². The quantitative estimate of drug-likeness (QED) is 0.531. The van der Waals surface area contributed by atoms with Crippen LogP contribution in [-0.4, -0.2) is 22.6 Å². The molecule has 0 unspecified atom stereocenters. The number of rotatable bonds is 8. The lowest BCUT2D eigenvalue weighted by Crippen LogP contribution is -2.23. The molecule has 0 aliphatic carbocycles. The van der Waals surface area contributed by atoms with E-state index in [-0.39, 0.29) is 30.4 Å². The SMILES string of the molecule is Cc1cc(C(=O)CCC(=O)NCc2cccc(NC(=O)c3ccncc3)c2)c(C)s1. The second kappa shape index (κ2) is 9.93. The summed E-state index contributed by atoms with van der Waals surface area (Å²) in [5.41, 5.74) is 2.72. The molecule has 2 N–H and O–H groups in total. The van der Waals surface area contributed by atoms with Crippen molar-refractivity contribution < 1.29 is 14.4 Å². The van der Waals surface area contributed by atoms with E-state index in [1.54, 1.807) is 41.9 Å². The number of carbonyl (C=O) groups excluding carboxylic acids is 3. The van der Waals surface area contributed by atoms with E-state index >= 15 is 0 Å². The standard InChI is InChI=1S/C23H23N3O3S/c1-15-12-20(16(2)30-15)21(27)6-7-22(28)25-14-17-4-3-5-19(13-17)26-23(29)18-8-10-24-11-9-18/h3-5,8-13H,6-7,14H2,1-2H3,(H,25,28)(H,26,29). The molecular formula is C23H23N3O3S. The van der Waals surface area contributed by atoms with E-state index in [0.717, 1.165) is 15.3 Å². The van der Waals surface area contributed by atoms with Gasteiger partial charge in [0, 0.05) is 58.3 Å². The van der Waals surface area contributed by atoms with Gasteiger partial charge in [0.25, 0.3) is 5.91 Å². The normalized spacial score (nSPS) is 10.5. The molecule has 7 heteroatoms. The number of anilines is 1. The van der Waals surface area contributed by atoms with Crippen LogP contribution in [0.5, 0.6) is 0 Å². The minimum absolute atomic E-state index is 0.00665. The maximum Gasteiger partial charge on any atom is 0.255 e. The summed E-state index contributed by atoms with van der Waals surface area (Å²) in [6.45, 7) is 4.21. The van der Waals surface area contributed by atoms with Gasteiger partial charge in [0.15, 0.2) is 5.78 Å². The van der Waals surface area contributed by atoms with Crippen LogP contribution in [0, 0.1) is 13.8 Å². The van der Waals surface area contributed by atoms with Crippen molar-refractivity contribution in [2.45, 2.75) is 33.2 Å². The van der Waals surface area contributed by atoms with E-state index in [0.29, 0.717) is 23.4 Å². The van der Waals surface area contributed by atoms with E-state index in [1.807, 2.05) is 38.1 Å². The number of thiophene rings is 1. The fraction of sp³-hybridized carbons (Fsp3) is 0.217. The molecule has 0 saturated heterocycles. The van der Waals surface area contributed by atoms with Gasteiger partial charge in [0.1, 0.15) is 0 Å². The molecular weight excluding hydrogens is 398 g/mol. The Morgan fingerprint density at radius 1 is 1.00 bits per heavy atom. The molecule has 0 saturated carbocycles. The van der Waals surface area contributed by atoms with Gasteiger partial charge >= 0.3 is 0 Å². The first-order valence-corrected chi connectivity index (χ1v) is 10.4. The van der Waals surface area contributed by atoms with Crippen LogP contribution in [0.25, 0.3) is 0 Å². The second-order valence-corrected chi connectivity index (χ2v) is 8.38. The number of ketones is 1. The van der Waals surface area contributed by atoms with Crippen LogP contribution < -0.4 is 10.6 Å². The van der Waals surface area contributed by atoms with Gasteiger partial charge in [-0.1, -0.05) is 12.1 Å². The van der Waals surface area contributed by atoms with Crippen LogP contribution in [0.1, 0.15) is 48.9 Å². The van der Waals surface area contributed by atoms with Crippen molar-refractivity contribution in [1.82, 2.24) is 10.3 Å². The molecule has 3 rings (SSSR count). The van der Waals surface area contributed by atoms with Gasteiger partial charge in [0.05, 0.1) is 0 Å². The monoisotopic (exact) mass is 421 g/mol. The molecule has 2 aromatic heterocycles. The van der Waals surface area contributed by atoms with E-state index in [4.69, 9.17) is 0 Å². The number of hydrogen-bond acceptors (Lipinski definition) is 5. The Kier molecular flexibility index (Phi) is 7.08. The first-order valence-electron chi connectivity index (χ1n) is 9.59. The van der Waals surface area contributed by atoms with Gasteiger partial charge in [0.2, 0.25) is 5.91 Å². The summed E-state index contributed by atoms with van der Waals surface area (Å²) < 4.78 is 0. The molecule has 2 amide bonds. The smallest absolute Gasteiger partial charge is 0.255 e. The predicted molar refractivity (Wildman–Crippen MR) is 118 cm³/mol. The number of aromatic nitrogens is 1. The lowest BCUT2D eigenvalue weighted by molar-refractivity contribution is -0.121. The lowest BCUT2D eigenvalue weighted by atomic mass is 10.1. The third-order valence-electron chi connectivity index (χ3n) is 4.54. The Labute approximate surface area is 179 Å². The third kappa shape index (κ3) is 5.84. The van der Waals surface area contributed by atoms with Gasteiger partial charge in [-0.3, -0.25) is 19.4 Å². The van der Waals surface area contributed by atoms with Crippen molar-refractivity contribution >= 4 is 34.6 Å². The molecule has 0 aliphatic heterocycles. The molecule has 30 heavy (non-hydrogen) atoms. The predicted octanol–water partition coefficient (Wildman–Crippen LogP) is 4.29. The van der Waals surface area contributed by atoms with E-state index in [9.17, 15) is 14.4 Å². The highest BCUT2D eigenvalue weighted by Gasteiger charge is 2.14. The van der Waals surface area contributed by atoms with Crippen LogP contribution in [0.3, 0.4) is 0 Å². The summed E-state index contributed by atoms with van der Waals surface area (Å²) in [6.07, 6.45) is 3.45. The van der Waals surface area contributed by atoms with Gasteiger partial charge < -0.3 is 10.6 Å². The van der Waals surface area contributed by atoms with Crippen LogP contribution in [0.15, 0.2) is 54.9 Å². The number of Topliss-reactive ketones (excluding diaryl/α,β-unsaturated/α-hetero) is 1. The van der Waals surface area contributed by atoms with Crippen LogP contribution >= 0.6 is 11.3 Å². The average Bonchev–Trinajstić information content (AvgIpc) is 3.09. The summed E-state index contributed by atoms with van der Waals surface area (Å²) >= 11 is 1.59. The Bertz CT molecular complexity index is 1060. The number of pyridine rings is 1. The van der Waals surface area contributed by atoms with Gasteiger partial charge in [-0.05, 0) is 49.7 Å². The summed E-state index contributed by atoms with van der Waals surface area (Å²) in [6, 6.07) is 12.4. The van der Waals surface area contributed by atoms with Crippen molar-refractivity contribution in [2.75, 3.05) is 5.32 Å². The Morgan fingerprint density at radius 3 is 2.47 bits per heavy atom. The van der Waals surface area contributed by atoms with Crippen molar-refractivity contribution in [2.24, 2.45) is 0 Å². The van der Waals surface area contributed by atoms with Gasteiger partial charge in [-0.25, -0.2) is 0 Å². The summed E-state index contributed by atoms with van der Waals surface area (Å²) in [5, 5.41) is 5.66. The Hall–Kier alpha value is -3.32. The number of nitrogens with one attached hydrogen (secondary N) is 2. The molecule has 0 atom stereocenters. The van der Waals surface area contributed by atoms with E-state index in [1.165, 1.54) is 0 Å². The van der Waals surface area contributed by atoms with Crippen LogP contribution in [0.2, 0.25) is 0 Å². The summed E-state index contributed by atoms with van der Waals surface area (Å²) in [5.74, 6) is -0.414. The van der Waals surface area contributed by atoms with Crippen molar-refractivity contribution in [3.63, 3.8) is 0 Å². The summed E-state index contributed by atoms with van der Waals surface area (Å²) in [7, 11) is 0. The zero-order valence-corrected chi connectivity index (χ0v) is 17.7. The number of amides is 2. The first-order chi connectivity index (χ1) is 14.4. The largest absolute Gasteiger partial charge is 0.352 e. The van der Waals surface area contributed by atoms with Crippen molar-refractivity contribution in [3.05, 3.63) is 81.3 Å². The van der Waals surface area contributed by atoms with Gasteiger partial charge in [-0.2, -0.15) is 0 Å². The fourth-order valence-electron chi connectivity index (χ4n) is 3.02. The Morgan fingerprint density at radius 2 is 1.77 bits per heavy atom. The zero-order valence-electron chi connectivity index (χ0n) is 16.9. The molecule has 1 aromatic carbocycles. The first kappa shape index (κ1) is 21.4.